The third-order valence-electron chi connectivity index (χ3n) is 5.76. The van der Waals surface area contributed by atoms with E-state index in [1.807, 2.05) is 91.9 Å². The van der Waals surface area contributed by atoms with Crippen LogP contribution in [0.4, 0.5) is 5.69 Å². The standard InChI is InChI=1S/C32H26ClNO3/c1-2-35-31-20-23(21-34-26-15-17-28(18-16-26)37-27-12-4-3-5-13-27)19-30(33)32(31)36-22-25-11-8-10-24-9-6-7-14-29(24)25/h3-21H,2,22H2,1H3. The fraction of sp³-hybridized carbons (Fsp3) is 0.0938. The number of para-hydroxylation sites is 1. The van der Waals surface area contributed by atoms with Crippen molar-refractivity contribution in [1.29, 1.82) is 0 Å². The first kappa shape index (κ1) is 24.4. The highest BCUT2D eigenvalue weighted by Crippen LogP contribution is 2.37. The first-order chi connectivity index (χ1) is 18.2. The zero-order valence-electron chi connectivity index (χ0n) is 20.4. The van der Waals surface area contributed by atoms with E-state index >= 15 is 0 Å². The molecule has 0 aliphatic heterocycles. The Balaban J connectivity index is 1.31. The fourth-order valence-electron chi connectivity index (χ4n) is 4.01. The van der Waals surface area contributed by atoms with Crippen molar-refractivity contribution >= 4 is 34.3 Å². The van der Waals surface area contributed by atoms with Gasteiger partial charge in [0.2, 0.25) is 0 Å². The summed E-state index contributed by atoms with van der Waals surface area (Å²) >= 11 is 6.65. The molecule has 0 fully saturated rings. The first-order valence-corrected chi connectivity index (χ1v) is 12.5. The molecule has 0 saturated heterocycles. The lowest BCUT2D eigenvalue weighted by atomic mass is 10.1. The van der Waals surface area contributed by atoms with Crippen molar-refractivity contribution in [1.82, 2.24) is 0 Å². The Morgan fingerprint density at radius 1 is 0.757 bits per heavy atom. The highest BCUT2D eigenvalue weighted by molar-refractivity contribution is 6.32. The summed E-state index contributed by atoms with van der Waals surface area (Å²) in [5, 5.41) is 2.80. The number of benzene rings is 5. The van der Waals surface area contributed by atoms with Crippen molar-refractivity contribution in [3.8, 4) is 23.0 Å². The van der Waals surface area contributed by atoms with Crippen molar-refractivity contribution in [2.45, 2.75) is 13.5 Å². The Morgan fingerprint density at radius 3 is 2.30 bits per heavy atom. The minimum absolute atomic E-state index is 0.381. The van der Waals surface area contributed by atoms with Gasteiger partial charge in [-0.2, -0.15) is 0 Å². The van der Waals surface area contributed by atoms with Gasteiger partial charge in [0.1, 0.15) is 18.1 Å². The predicted octanol–water partition coefficient (Wildman–Crippen LogP) is 9.01. The third kappa shape index (κ3) is 6.11. The van der Waals surface area contributed by atoms with Gasteiger partial charge in [-0.15, -0.1) is 0 Å². The van der Waals surface area contributed by atoms with Gasteiger partial charge >= 0.3 is 0 Å². The van der Waals surface area contributed by atoms with Gasteiger partial charge < -0.3 is 14.2 Å². The van der Waals surface area contributed by atoms with Crippen LogP contribution in [0.3, 0.4) is 0 Å². The number of rotatable bonds is 9. The lowest BCUT2D eigenvalue weighted by molar-refractivity contribution is 0.270. The van der Waals surface area contributed by atoms with E-state index in [2.05, 4.69) is 29.3 Å². The highest BCUT2D eigenvalue weighted by Gasteiger charge is 2.13. The molecule has 0 aromatic heterocycles. The smallest absolute Gasteiger partial charge is 0.180 e. The van der Waals surface area contributed by atoms with Crippen LogP contribution >= 0.6 is 11.6 Å². The van der Waals surface area contributed by atoms with Gasteiger partial charge in [-0.05, 0) is 77.4 Å². The number of hydrogen-bond donors (Lipinski definition) is 0. The number of aliphatic imine (C=N–C) groups is 1. The van der Waals surface area contributed by atoms with Gasteiger partial charge in [0.25, 0.3) is 0 Å². The molecule has 0 aliphatic rings. The molecule has 4 nitrogen and oxygen atoms in total. The van der Waals surface area contributed by atoms with Crippen LogP contribution in [0.2, 0.25) is 5.02 Å². The molecule has 0 unspecified atom stereocenters. The van der Waals surface area contributed by atoms with Gasteiger partial charge in [0.05, 0.1) is 17.3 Å². The Morgan fingerprint density at radius 2 is 1.49 bits per heavy atom. The topological polar surface area (TPSA) is 40.0 Å². The molecule has 0 spiro atoms. The van der Waals surface area contributed by atoms with E-state index in [1.54, 1.807) is 6.21 Å². The predicted molar refractivity (Wildman–Crippen MR) is 151 cm³/mol. The zero-order chi connectivity index (χ0) is 25.5. The monoisotopic (exact) mass is 507 g/mol. The number of halogens is 1. The quantitative estimate of drug-likeness (QED) is 0.187. The van der Waals surface area contributed by atoms with E-state index in [-0.39, 0.29) is 0 Å². The Bertz CT molecular complexity index is 1510. The van der Waals surface area contributed by atoms with Crippen molar-refractivity contribution in [2.24, 2.45) is 4.99 Å². The number of nitrogens with zero attached hydrogens (tertiary/aromatic N) is 1. The van der Waals surface area contributed by atoms with E-state index in [0.717, 1.165) is 33.7 Å². The highest BCUT2D eigenvalue weighted by atomic mass is 35.5. The number of hydrogen-bond acceptors (Lipinski definition) is 4. The summed E-state index contributed by atoms with van der Waals surface area (Å²) in [6, 6.07) is 35.4. The summed E-state index contributed by atoms with van der Waals surface area (Å²) < 4.78 is 17.9. The third-order valence-corrected chi connectivity index (χ3v) is 6.04. The molecule has 0 radical (unpaired) electrons. The molecule has 0 heterocycles. The molecular weight excluding hydrogens is 482 g/mol. The summed E-state index contributed by atoms with van der Waals surface area (Å²) in [6.45, 7) is 2.80. The van der Waals surface area contributed by atoms with Gasteiger partial charge in [-0.25, -0.2) is 0 Å². The van der Waals surface area contributed by atoms with Gasteiger partial charge in [-0.3, -0.25) is 4.99 Å². The molecule has 5 rings (SSSR count). The summed E-state index contributed by atoms with van der Waals surface area (Å²) in [5.74, 6) is 2.65. The second-order valence-corrected chi connectivity index (χ2v) is 8.76. The van der Waals surface area contributed by atoms with Crippen molar-refractivity contribution in [3.05, 3.63) is 125 Å². The normalized spacial score (nSPS) is 11.1. The van der Waals surface area contributed by atoms with Gasteiger partial charge in [0.15, 0.2) is 11.5 Å². The Kier molecular flexibility index (Phi) is 7.68. The molecule has 5 aromatic rings. The number of ether oxygens (including phenoxy) is 3. The Labute approximate surface area is 221 Å². The van der Waals surface area contributed by atoms with Gasteiger partial charge in [-0.1, -0.05) is 72.3 Å². The van der Waals surface area contributed by atoms with E-state index in [0.29, 0.717) is 29.7 Å². The zero-order valence-corrected chi connectivity index (χ0v) is 21.2. The lowest BCUT2D eigenvalue weighted by Crippen LogP contribution is -2.02. The van der Waals surface area contributed by atoms with Gasteiger partial charge in [0, 0.05) is 6.21 Å². The maximum Gasteiger partial charge on any atom is 0.180 e. The average Bonchev–Trinajstić information content (AvgIpc) is 2.93. The van der Waals surface area contributed by atoms with Crippen LogP contribution in [0, 0.1) is 0 Å². The van der Waals surface area contributed by atoms with Crippen molar-refractivity contribution < 1.29 is 14.2 Å². The first-order valence-electron chi connectivity index (χ1n) is 12.1. The summed E-state index contributed by atoms with van der Waals surface area (Å²) in [4.78, 5) is 4.59. The fourth-order valence-corrected chi connectivity index (χ4v) is 4.28. The molecule has 0 bridgehead atoms. The van der Waals surface area contributed by atoms with E-state index in [1.165, 1.54) is 5.39 Å². The van der Waals surface area contributed by atoms with E-state index < -0.39 is 0 Å². The van der Waals surface area contributed by atoms with Crippen LogP contribution in [-0.2, 0) is 6.61 Å². The molecule has 0 saturated carbocycles. The van der Waals surface area contributed by atoms with Crippen molar-refractivity contribution in [2.75, 3.05) is 6.61 Å². The summed E-state index contributed by atoms with van der Waals surface area (Å²) in [5.41, 5.74) is 2.70. The van der Waals surface area contributed by atoms with Crippen molar-refractivity contribution in [3.63, 3.8) is 0 Å². The van der Waals surface area contributed by atoms with Crippen LogP contribution in [0.5, 0.6) is 23.0 Å². The Hall–Kier alpha value is -4.28. The van der Waals surface area contributed by atoms with Crippen LogP contribution in [0.1, 0.15) is 18.1 Å². The molecule has 37 heavy (non-hydrogen) atoms. The largest absolute Gasteiger partial charge is 0.490 e. The minimum Gasteiger partial charge on any atom is -0.490 e. The van der Waals surface area contributed by atoms with Crippen LogP contribution in [0.15, 0.2) is 114 Å². The summed E-state index contributed by atoms with van der Waals surface area (Å²) in [7, 11) is 0. The molecule has 0 amide bonds. The SMILES string of the molecule is CCOc1cc(C=Nc2ccc(Oc3ccccc3)cc2)cc(Cl)c1OCc1cccc2ccccc12. The summed E-state index contributed by atoms with van der Waals surface area (Å²) in [6.07, 6.45) is 1.76. The lowest BCUT2D eigenvalue weighted by Gasteiger charge is -2.15. The molecular formula is C32H26ClNO3. The van der Waals surface area contributed by atoms with E-state index in [4.69, 9.17) is 25.8 Å². The molecule has 5 heteroatoms. The second kappa shape index (κ2) is 11.6. The van der Waals surface area contributed by atoms with Crippen LogP contribution in [0.25, 0.3) is 10.8 Å². The molecule has 5 aromatic carbocycles. The maximum atomic E-state index is 6.65. The molecule has 0 atom stereocenters. The maximum absolute atomic E-state index is 6.65. The average molecular weight is 508 g/mol. The second-order valence-electron chi connectivity index (χ2n) is 8.36. The molecule has 0 aliphatic carbocycles. The molecule has 184 valence electrons. The number of fused-ring (bicyclic) bond motifs is 1. The van der Waals surface area contributed by atoms with Crippen LogP contribution < -0.4 is 14.2 Å². The van der Waals surface area contributed by atoms with Crippen LogP contribution in [-0.4, -0.2) is 12.8 Å². The molecule has 0 N–H and O–H groups in total. The minimum atomic E-state index is 0.381. The van der Waals surface area contributed by atoms with E-state index in [9.17, 15) is 0 Å².